The lowest BCUT2D eigenvalue weighted by Gasteiger charge is -2.31. The van der Waals surface area contributed by atoms with Gasteiger partial charge in [-0.15, -0.1) is 0 Å². The van der Waals surface area contributed by atoms with Crippen LogP contribution in [0.15, 0.2) is 18.2 Å². The Bertz CT molecular complexity index is 379. The first-order valence-corrected chi connectivity index (χ1v) is 7.42. The van der Waals surface area contributed by atoms with Crippen molar-refractivity contribution >= 4 is 11.4 Å². The van der Waals surface area contributed by atoms with Crippen LogP contribution in [0.5, 0.6) is 5.75 Å². The van der Waals surface area contributed by atoms with Crippen molar-refractivity contribution in [3.63, 3.8) is 0 Å². The van der Waals surface area contributed by atoms with E-state index in [1.807, 2.05) is 13.0 Å². The van der Waals surface area contributed by atoms with Gasteiger partial charge in [-0.1, -0.05) is 20.3 Å². The zero-order valence-electron chi connectivity index (χ0n) is 12.8. The number of rotatable bonds is 8. The summed E-state index contributed by atoms with van der Waals surface area (Å²) in [5.74, 6) is 0.796. The molecule has 0 aliphatic rings. The molecule has 3 nitrogen and oxygen atoms in total. The molecule has 3 heteroatoms. The molecule has 1 atom stereocenters. The summed E-state index contributed by atoms with van der Waals surface area (Å²) in [4.78, 5) is 2.45. The summed E-state index contributed by atoms with van der Waals surface area (Å²) in [5.41, 5.74) is 7.86. The lowest BCUT2D eigenvalue weighted by atomic mass is 10.1. The quantitative estimate of drug-likeness (QED) is 0.719. The fraction of sp³-hybridized carbons (Fsp3) is 0.625. The summed E-state index contributed by atoms with van der Waals surface area (Å²) < 4.78 is 5.59. The molecule has 0 spiro atoms. The first kappa shape index (κ1) is 15.7. The topological polar surface area (TPSA) is 38.5 Å². The molecule has 0 bridgehead atoms. The van der Waals surface area contributed by atoms with E-state index in [1.54, 1.807) is 0 Å². The minimum Gasteiger partial charge on any atom is -0.492 e. The van der Waals surface area contributed by atoms with Crippen LogP contribution in [0, 0.1) is 0 Å². The van der Waals surface area contributed by atoms with Crippen LogP contribution in [0.25, 0.3) is 0 Å². The van der Waals surface area contributed by atoms with E-state index in [0.29, 0.717) is 18.3 Å². The van der Waals surface area contributed by atoms with Gasteiger partial charge in [0.25, 0.3) is 0 Å². The van der Waals surface area contributed by atoms with Crippen LogP contribution in [0.2, 0.25) is 0 Å². The molecule has 0 radical (unpaired) electrons. The standard InChI is InChI=1S/C16H28N2O/c1-5-8-11-18(13(4)6-2)14-9-10-15(17)16(12-14)19-7-3/h9-10,12-13H,5-8,11,17H2,1-4H3. The molecule has 0 aliphatic carbocycles. The number of ether oxygens (including phenoxy) is 1. The highest BCUT2D eigenvalue weighted by Crippen LogP contribution is 2.29. The molecule has 1 rings (SSSR count). The molecule has 1 unspecified atom stereocenters. The van der Waals surface area contributed by atoms with Crippen LogP contribution in [-0.4, -0.2) is 19.2 Å². The number of unbranched alkanes of at least 4 members (excludes halogenated alkanes) is 1. The third-order valence-electron chi connectivity index (χ3n) is 3.50. The lowest BCUT2D eigenvalue weighted by Crippen LogP contribution is -2.33. The molecular weight excluding hydrogens is 236 g/mol. The van der Waals surface area contributed by atoms with E-state index < -0.39 is 0 Å². The highest BCUT2D eigenvalue weighted by Gasteiger charge is 2.14. The van der Waals surface area contributed by atoms with Gasteiger partial charge in [0, 0.05) is 24.3 Å². The highest BCUT2D eigenvalue weighted by molar-refractivity contribution is 5.62. The number of nitrogens with zero attached hydrogens (tertiary/aromatic N) is 1. The molecule has 108 valence electrons. The van der Waals surface area contributed by atoms with E-state index >= 15 is 0 Å². The van der Waals surface area contributed by atoms with E-state index in [0.717, 1.165) is 18.7 Å². The van der Waals surface area contributed by atoms with Crippen LogP contribution < -0.4 is 15.4 Å². The second-order valence-electron chi connectivity index (χ2n) is 4.96. The minimum absolute atomic E-state index is 0.532. The predicted molar refractivity (Wildman–Crippen MR) is 84.0 cm³/mol. The Morgan fingerprint density at radius 2 is 2.00 bits per heavy atom. The second-order valence-corrected chi connectivity index (χ2v) is 4.96. The van der Waals surface area contributed by atoms with E-state index in [-0.39, 0.29) is 0 Å². The van der Waals surface area contributed by atoms with Crippen LogP contribution in [0.4, 0.5) is 11.4 Å². The molecule has 0 saturated carbocycles. The molecule has 1 aromatic rings. The van der Waals surface area contributed by atoms with Gasteiger partial charge < -0.3 is 15.4 Å². The summed E-state index contributed by atoms with van der Waals surface area (Å²) >= 11 is 0. The largest absolute Gasteiger partial charge is 0.492 e. The first-order chi connectivity index (χ1) is 9.13. The molecule has 0 heterocycles. The van der Waals surface area contributed by atoms with Crippen molar-refractivity contribution in [2.75, 3.05) is 23.8 Å². The molecule has 0 aliphatic heterocycles. The third kappa shape index (κ3) is 4.34. The Morgan fingerprint density at radius 1 is 1.26 bits per heavy atom. The van der Waals surface area contributed by atoms with Crippen LogP contribution in [0.3, 0.4) is 0 Å². The second kappa shape index (κ2) is 7.93. The summed E-state index contributed by atoms with van der Waals surface area (Å²) in [6, 6.07) is 6.65. The maximum absolute atomic E-state index is 5.94. The van der Waals surface area contributed by atoms with Crippen molar-refractivity contribution < 1.29 is 4.74 Å². The maximum Gasteiger partial charge on any atom is 0.144 e. The smallest absolute Gasteiger partial charge is 0.144 e. The fourth-order valence-corrected chi connectivity index (χ4v) is 2.14. The van der Waals surface area contributed by atoms with Gasteiger partial charge in [-0.05, 0) is 38.8 Å². The van der Waals surface area contributed by atoms with Gasteiger partial charge in [0.05, 0.1) is 12.3 Å². The molecule has 0 amide bonds. The SMILES string of the molecule is CCCCN(c1ccc(N)c(OCC)c1)C(C)CC. The van der Waals surface area contributed by atoms with Gasteiger partial charge in [0.1, 0.15) is 5.75 Å². The molecular formula is C16H28N2O. The maximum atomic E-state index is 5.94. The van der Waals surface area contributed by atoms with Gasteiger partial charge in [0.15, 0.2) is 0 Å². The Hall–Kier alpha value is -1.38. The van der Waals surface area contributed by atoms with Crippen molar-refractivity contribution in [2.45, 2.75) is 53.0 Å². The average molecular weight is 264 g/mol. The Morgan fingerprint density at radius 3 is 2.58 bits per heavy atom. The fourth-order valence-electron chi connectivity index (χ4n) is 2.14. The Labute approximate surface area is 117 Å². The normalized spacial score (nSPS) is 12.2. The molecule has 0 saturated heterocycles. The van der Waals surface area contributed by atoms with Crippen molar-refractivity contribution in [1.82, 2.24) is 0 Å². The molecule has 2 N–H and O–H groups in total. The number of nitrogen functional groups attached to an aromatic ring is 1. The Balaban J connectivity index is 2.97. The molecule has 0 fully saturated rings. The van der Waals surface area contributed by atoms with Gasteiger partial charge in [0.2, 0.25) is 0 Å². The summed E-state index contributed by atoms with van der Waals surface area (Å²) in [7, 11) is 0. The summed E-state index contributed by atoms with van der Waals surface area (Å²) in [6.45, 7) is 10.4. The van der Waals surface area contributed by atoms with Crippen molar-refractivity contribution in [2.24, 2.45) is 0 Å². The zero-order chi connectivity index (χ0) is 14.3. The number of anilines is 2. The van der Waals surface area contributed by atoms with Crippen molar-refractivity contribution in [3.05, 3.63) is 18.2 Å². The predicted octanol–water partition coefficient (Wildman–Crippen LogP) is 4.07. The third-order valence-corrected chi connectivity index (χ3v) is 3.50. The Kier molecular flexibility index (Phi) is 6.54. The summed E-state index contributed by atoms with van der Waals surface area (Å²) in [5, 5.41) is 0. The van der Waals surface area contributed by atoms with Crippen LogP contribution in [-0.2, 0) is 0 Å². The van der Waals surface area contributed by atoms with E-state index in [2.05, 4.69) is 37.8 Å². The zero-order valence-corrected chi connectivity index (χ0v) is 12.8. The van der Waals surface area contributed by atoms with Gasteiger partial charge in [-0.25, -0.2) is 0 Å². The number of nitrogens with two attached hydrogens (primary N) is 1. The first-order valence-electron chi connectivity index (χ1n) is 7.42. The average Bonchev–Trinajstić information content (AvgIpc) is 2.42. The van der Waals surface area contributed by atoms with Gasteiger partial charge >= 0.3 is 0 Å². The van der Waals surface area contributed by atoms with Gasteiger partial charge in [-0.3, -0.25) is 0 Å². The summed E-state index contributed by atoms with van der Waals surface area (Å²) in [6.07, 6.45) is 3.55. The molecule has 19 heavy (non-hydrogen) atoms. The lowest BCUT2D eigenvalue weighted by molar-refractivity contribution is 0.342. The number of hydrogen-bond acceptors (Lipinski definition) is 3. The highest BCUT2D eigenvalue weighted by atomic mass is 16.5. The van der Waals surface area contributed by atoms with Crippen molar-refractivity contribution in [1.29, 1.82) is 0 Å². The minimum atomic E-state index is 0.532. The van der Waals surface area contributed by atoms with Gasteiger partial charge in [-0.2, -0.15) is 0 Å². The van der Waals surface area contributed by atoms with E-state index in [4.69, 9.17) is 10.5 Å². The van der Waals surface area contributed by atoms with E-state index in [9.17, 15) is 0 Å². The van der Waals surface area contributed by atoms with Crippen LogP contribution in [0.1, 0.15) is 47.0 Å². The molecule has 0 aromatic heterocycles. The monoisotopic (exact) mass is 264 g/mol. The number of hydrogen-bond donors (Lipinski definition) is 1. The van der Waals surface area contributed by atoms with Crippen LogP contribution >= 0.6 is 0 Å². The van der Waals surface area contributed by atoms with E-state index in [1.165, 1.54) is 18.5 Å². The number of benzene rings is 1. The van der Waals surface area contributed by atoms with Crippen molar-refractivity contribution in [3.8, 4) is 5.75 Å². The molecule has 1 aromatic carbocycles.